The first-order valence-corrected chi connectivity index (χ1v) is 12.0. The van der Waals surface area contributed by atoms with Gasteiger partial charge in [-0.2, -0.15) is 0 Å². The quantitative estimate of drug-likeness (QED) is 0.362. The van der Waals surface area contributed by atoms with Crippen molar-refractivity contribution in [2.75, 3.05) is 19.7 Å². The minimum Gasteiger partial charge on any atom is -0.494 e. The van der Waals surface area contributed by atoms with Gasteiger partial charge >= 0.3 is 17.9 Å². The molecule has 0 radical (unpaired) electrons. The summed E-state index contributed by atoms with van der Waals surface area (Å²) >= 11 is 0. The molecular formula is C27H35NO8. The van der Waals surface area contributed by atoms with Crippen LogP contribution in [-0.2, 0) is 14.4 Å². The number of aliphatic hydroxyl groups is 1. The van der Waals surface area contributed by atoms with Crippen LogP contribution in [0.2, 0.25) is 0 Å². The maximum atomic E-state index is 10.3. The van der Waals surface area contributed by atoms with Crippen LogP contribution in [-0.4, -0.2) is 68.5 Å². The Kier molecular flexibility index (Phi) is 10.4. The maximum absolute atomic E-state index is 10.3. The van der Waals surface area contributed by atoms with Crippen LogP contribution in [0.15, 0.2) is 48.5 Å². The third-order valence-corrected chi connectivity index (χ3v) is 6.32. The second-order valence-corrected chi connectivity index (χ2v) is 8.63. The predicted octanol–water partition coefficient (Wildman–Crippen LogP) is 3.76. The molecule has 2 aromatic carbocycles. The standard InChI is InChI=1S/C21H27NO.C6H8O7/c1-4-22(5-2)21-15-20(18-9-7-8-10-19(18)21)16-11-13-17(14-12-16)23-6-3;7-3(8)1-6(13,5(11)12)2-4(9)10/h7-14,20-21H,4-6,15H2,1-3H3;13H,1-2H2,(H,7,8)(H,9,10)(H,11,12). The van der Waals surface area contributed by atoms with Gasteiger partial charge in [-0.3, -0.25) is 14.5 Å². The van der Waals surface area contributed by atoms with Crippen LogP contribution in [0.3, 0.4) is 0 Å². The van der Waals surface area contributed by atoms with Crippen molar-refractivity contribution in [2.24, 2.45) is 0 Å². The molecule has 0 fully saturated rings. The van der Waals surface area contributed by atoms with Crippen molar-refractivity contribution in [3.05, 3.63) is 65.2 Å². The summed E-state index contributed by atoms with van der Waals surface area (Å²) in [5.74, 6) is -3.56. The predicted molar refractivity (Wildman–Crippen MR) is 133 cm³/mol. The van der Waals surface area contributed by atoms with Crippen molar-refractivity contribution in [1.82, 2.24) is 4.90 Å². The Bertz CT molecular complexity index is 1020. The third-order valence-electron chi connectivity index (χ3n) is 6.32. The zero-order chi connectivity index (χ0) is 26.9. The van der Waals surface area contributed by atoms with Crippen molar-refractivity contribution < 1.29 is 39.5 Å². The molecule has 2 atom stereocenters. The average molecular weight is 502 g/mol. The number of carboxylic acids is 3. The van der Waals surface area contributed by atoms with Crippen molar-refractivity contribution >= 4 is 17.9 Å². The largest absolute Gasteiger partial charge is 0.494 e. The SMILES string of the molecule is CCOc1ccc(C2CC(N(CC)CC)c3ccccc32)cc1.O=C(O)CC(O)(CC(=O)O)C(=O)O. The number of ether oxygens (including phenoxy) is 1. The number of benzene rings is 2. The number of aliphatic carboxylic acids is 3. The molecule has 9 nitrogen and oxygen atoms in total. The van der Waals surface area contributed by atoms with Gasteiger partial charge in [-0.1, -0.05) is 50.2 Å². The van der Waals surface area contributed by atoms with E-state index in [0.717, 1.165) is 25.4 Å². The highest BCUT2D eigenvalue weighted by atomic mass is 16.5. The second kappa shape index (κ2) is 13.0. The molecule has 2 aromatic rings. The van der Waals surface area contributed by atoms with Crippen LogP contribution in [0.25, 0.3) is 0 Å². The first-order chi connectivity index (χ1) is 17.1. The number of carboxylic acid groups (broad SMARTS) is 3. The third kappa shape index (κ3) is 7.29. The van der Waals surface area contributed by atoms with Crippen LogP contribution >= 0.6 is 0 Å². The highest BCUT2D eigenvalue weighted by molar-refractivity contribution is 5.88. The Hall–Kier alpha value is -3.43. The molecule has 0 saturated carbocycles. The Morgan fingerprint density at radius 3 is 1.86 bits per heavy atom. The number of hydrogen-bond acceptors (Lipinski definition) is 6. The van der Waals surface area contributed by atoms with Gasteiger partial charge < -0.3 is 25.2 Å². The van der Waals surface area contributed by atoms with Crippen molar-refractivity contribution in [3.8, 4) is 5.75 Å². The zero-order valence-electron chi connectivity index (χ0n) is 20.9. The lowest BCUT2D eigenvalue weighted by Crippen LogP contribution is -2.42. The molecule has 0 amide bonds. The molecule has 0 spiro atoms. The summed E-state index contributed by atoms with van der Waals surface area (Å²) in [5.41, 5.74) is 1.66. The number of carbonyl (C=O) groups is 3. The lowest BCUT2D eigenvalue weighted by Gasteiger charge is -2.27. The second-order valence-electron chi connectivity index (χ2n) is 8.63. The van der Waals surface area contributed by atoms with E-state index in [0.29, 0.717) is 12.0 Å². The van der Waals surface area contributed by atoms with Crippen molar-refractivity contribution in [1.29, 1.82) is 0 Å². The fraction of sp³-hybridized carbons (Fsp3) is 0.444. The van der Waals surface area contributed by atoms with Crippen LogP contribution in [0.4, 0.5) is 0 Å². The number of fused-ring (bicyclic) bond motifs is 1. The summed E-state index contributed by atoms with van der Waals surface area (Å²) < 4.78 is 5.58. The van der Waals surface area contributed by atoms with Gasteiger partial charge in [0, 0.05) is 12.0 Å². The molecule has 0 aliphatic heterocycles. The smallest absolute Gasteiger partial charge is 0.336 e. The zero-order valence-corrected chi connectivity index (χ0v) is 20.9. The van der Waals surface area contributed by atoms with E-state index in [1.165, 1.54) is 23.1 Å². The molecule has 1 aliphatic rings. The van der Waals surface area contributed by atoms with Gasteiger partial charge in [0.1, 0.15) is 5.75 Å². The highest BCUT2D eigenvalue weighted by Crippen LogP contribution is 2.46. The van der Waals surface area contributed by atoms with E-state index in [1.54, 1.807) is 0 Å². The van der Waals surface area contributed by atoms with E-state index in [1.807, 2.05) is 6.92 Å². The summed E-state index contributed by atoms with van der Waals surface area (Å²) in [6.07, 6.45) is -1.11. The molecule has 2 unspecified atom stereocenters. The number of nitrogens with zero attached hydrogens (tertiary/aromatic N) is 1. The normalized spacial score (nSPS) is 16.6. The van der Waals surface area contributed by atoms with Crippen LogP contribution in [0.5, 0.6) is 5.75 Å². The van der Waals surface area contributed by atoms with Gasteiger partial charge in [-0.25, -0.2) is 4.79 Å². The molecule has 36 heavy (non-hydrogen) atoms. The Morgan fingerprint density at radius 2 is 1.42 bits per heavy atom. The molecule has 4 N–H and O–H groups in total. The topological polar surface area (TPSA) is 145 Å². The van der Waals surface area contributed by atoms with Crippen LogP contribution in [0, 0.1) is 0 Å². The first-order valence-electron chi connectivity index (χ1n) is 12.0. The van der Waals surface area contributed by atoms with E-state index in [2.05, 4.69) is 67.3 Å². The Labute approximate surface area is 210 Å². The van der Waals surface area contributed by atoms with E-state index in [-0.39, 0.29) is 0 Å². The van der Waals surface area contributed by atoms with E-state index in [9.17, 15) is 14.4 Å². The van der Waals surface area contributed by atoms with Crippen LogP contribution < -0.4 is 4.74 Å². The summed E-state index contributed by atoms with van der Waals surface area (Å²) in [4.78, 5) is 33.1. The number of hydrogen-bond donors (Lipinski definition) is 4. The minimum absolute atomic E-state index is 0.493. The molecule has 196 valence electrons. The van der Waals surface area contributed by atoms with Crippen LogP contribution in [0.1, 0.15) is 68.7 Å². The molecule has 0 saturated heterocycles. The van der Waals surface area contributed by atoms with Gasteiger partial charge in [0.25, 0.3) is 0 Å². The van der Waals surface area contributed by atoms with Gasteiger partial charge in [0.15, 0.2) is 5.60 Å². The lowest BCUT2D eigenvalue weighted by molar-refractivity contribution is -0.170. The maximum Gasteiger partial charge on any atom is 0.336 e. The van der Waals surface area contributed by atoms with E-state index < -0.39 is 36.4 Å². The van der Waals surface area contributed by atoms with Crippen molar-refractivity contribution in [3.63, 3.8) is 0 Å². The van der Waals surface area contributed by atoms with Gasteiger partial charge in [0.05, 0.1) is 19.4 Å². The van der Waals surface area contributed by atoms with Gasteiger partial charge in [-0.15, -0.1) is 0 Å². The van der Waals surface area contributed by atoms with E-state index in [4.69, 9.17) is 25.2 Å². The summed E-state index contributed by atoms with van der Waals surface area (Å²) in [7, 11) is 0. The van der Waals surface area contributed by atoms with Crippen molar-refractivity contribution in [2.45, 2.75) is 57.6 Å². The average Bonchev–Trinajstić information content (AvgIpc) is 3.20. The highest BCUT2D eigenvalue weighted by Gasteiger charge is 2.40. The summed E-state index contributed by atoms with van der Waals surface area (Å²) in [5, 5.41) is 33.8. The molecular weight excluding hydrogens is 466 g/mol. The summed E-state index contributed by atoms with van der Waals surface area (Å²) in [6, 6.07) is 18.2. The molecule has 9 heteroatoms. The molecule has 0 heterocycles. The monoisotopic (exact) mass is 501 g/mol. The minimum atomic E-state index is -2.74. The molecule has 3 rings (SSSR count). The molecule has 1 aliphatic carbocycles. The molecule has 0 aromatic heterocycles. The first kappa shape index (κ1) is 28.8. The molecule has 0 bridgehead atoms. The number of rotatable bonds is 11. The summed E-state index contributed by atoms with van der Waals surface area (Å²) in [6.45, 7) is 9.47. The Balaban J connectivity index is 0.000000302. The lowest BCUT2D eigenvalue weighted by atomic mass is 9.93. The fourth-order valence-electron chi connectivity index (χ4n) is 4.61. The fourth-order valence-corrected chi connectivity index (χ4v) is 4.61. The van der Waals surface area contributed by atoms with E-state index >= 15 is 0 Å². The van der Waals surface area contributed by atoms with Gasteiger partial charge in [0.2, 0.25) is 0 Å². The Morgan fingerprint density at radius 1 is 0.889 bits per heavy atom. The van der Waals surface area contributed by atoms with Gasteiger partial charge in [-0.05, 0) is 55.3 Å².